The van der Waals surface area contributed by atoms with Crippen molar-refractivity contribution < 1.29 is 13.9 Å². The number of hydrogen-bond donors (Lipinski definition) is 0. The summed E-state index contributed by atoms with van der Waals surface area (Å²) in [4.78, 5) is 0. The Morgan fingerprint density at radius 3 is 2.56 bits per heavy atom. The molecule has 0 aliphatic carbocycles. The summed E-state index contributed by atoms with van der Waals surface area (Å²) in [6.07, 6.45) is 0.748. The molecule has 0 heterocycles. The third kappa shape index (κ3) is 4.49. The van der Waals surface area contributed by atoms with Crippen LogP contribution in [0.4, 0.5) is 4.39 Å². The highest BCUT2D eigenvalue weighted by atomic mass is 79.9. The molecule has 1 rings (SSSR count). The molecule has 0 aromatic heterocycles. The molecule has 0 N–H and O–H groups in total. The van der Waals surface area contributed by atoms with E-state index in [-0.39, 0.29) is 11.4 Å². The number of halogens is 2. The summed E-state index contributed by atoms with van der Waals surface area (Å²) in [5.74, 6) is 0.217. The summed E-state index contributed by atoms with van der Waals surface area (Å²) in [5.41, 5.74) is -0.218. The van der Waals surface area contributed by atoms with Crippen molar-refractivity contribution in [2.75, 3.05) is 13.7 Å². The van der Waals surface area contributed by atoms with E-state index in [1.54, 1.807) is 13.2 Å². The molecule has 0 unspecified atom stereocenters. The molecule has 1 aromatic rings. The topological polar surface area (TPSA) is 18.5 Å². The molecular weight excluding hydrogens is 275 g/mol. The van der Waals surface area contributed by atoms with Crippen LogP contribution in [0.5, 0.6) is 5.75 Å². The van der Waals surface area contributed by atoms with Gasteiger partial charge in [0.15, 0.2) is 0 Å². The molecule has 0 aliphatic rings. The second-order valence-corrected chi connectivity index (χ2v) is 5.08. The highest BCUT2D eigenvalue weighted by Crippen LogP contribution is 2.21. The Bertz CT molecular complexity index is 333. The summed E-state index contributed by atoms with van der Waals surface area (Å²) in [6, 6.07) is 4.50. The Labute approximate surface area is 104 Å². The van der Waals surface area contributed by atoms with Gasteiger partial charge < -0.3 is 9.47 Å². The lowest BCUT2D eigenvalue weighted by atomic mass is 10.1. The van der Waals surface area contributed by atoms with E-state index in [4.69, 9.17) is 9.47 Å². The number of rotatable bonds is 5. The van der Waals surface area contributed by atoms with Crippen LogP contribution in [0.25, 0.3) is 0 Å². The molecular formula is C12H16BrFO2. The Hall–Kier alpha value is -0.610. The number of benzene rings is 1. The fourth-order valence-corrected chi connectivity index (χ4v) is 1.57. The average molecular weight is 291 g/mol. The molecule has 16 heavy (non-hydrogen) atoms. The summed E-state index contributed by atoms with van der Waals surface area (Å²) in [6.45, 7) is 4.46. The van der Waals surface area contributed by atoms with E-state index in [2.05, 4.69) is 15.9 Å². The number of methoxy groups -OCH3 is 1. The van der Waals surface area contributed by atoms with Crippen LogP contribution >= 0.6 is 15.9 Å². The lowest BCUT2D eigenvalue weighted by molar-refractivity contribution is 0.00543. The predicted molar refractivity (Wildman–Crippen MR) is 65.3 cm³/mol. The number of hydrogen-bond acceptors (Lipinski definition) is 2. The van der Waals surface area contributed by atoms with Crippen LogP contribution in [0, 0.1) is 5.82 Å². The molecule has 0 spiro atoms. The van der Waals surface area contributed by atoms with E-state index in [1.807, 2.05) is 13.8 Å². The summed E-state index contributed by atoms with van der Waals surface area (Å²) in [5, 5.41) is 0. The van der Waals surface area contributed by atoms with E-state index in [0.29, 0.717) is 16.8 Å². The van der Waals surface area contributed by atoms with Crippen LogP contribution in [0.3, 0.4) is 0 Å². The normalized spacial score (nSPS) is 11.6. The maximum absolute atomic E-state index is 13.0. The molecule has 0 bridgehead atoms. The monoisotopic (exact) mass is 290 g/mol. The first-order valence-corrected chi connectivity index (χ1v) is 5.86. The van der Waals surface area contributed by atoms with E-state index in [1.165, 1.54) is 12.1 Å². The minimum absolute atomic E-state index is 0.218. The Balaban J connectivity index is 2.49. The zero-order valence-electron chi connectivity index (χ0n) is 9.72. The summed E-state index contributed by atoms with van der Waals surface area (Å²) in [7, 11) is 1.67. The fraction of sp³-hybridized carbons (Fsp3) is 0.500. The van der Waals surface area contributed by atoms with Gasteiger partial charge >= 0.3 is 0 Å². The lowest BCUT2D eigenvalue weighted by Gasteiger charge is -2.22. The summed E-state index contributed by atoms with van der Waals surface area (Å²) < 4.78 is 24.4. The third-order valence-electron chi connectivity index (χ3n) is 2.36. The molecule has 0 saturated carbocycles. The van der Waals surface area contributed by atoms with Crippen LogP contribution in [-0.4, -0.2) is 19.3 Å². The van der Waals surface area contributed by atoms with Crippen molar-refractivity contribution in [2.24, 2.45) is 0 Å². The van der Waals surface area contributed by atoms with Crippen molar-refractivity contribution >= 4 is 15.9 Å². The van der Waals surface area contributed by atoms with Crippen molar-refractivity contribution in [1.82, 2.24) is 0 Å². The van der Waals surface area contributed by atoms with Crippen molar-refractivity contribution in [3.63, 3.8) is 0 Å². The zero-order valence-corrected chi connectivity index (χ0v) is 11.3. The molecule has 4 heteroatoms. The van der Waals surface area contributed by atoms with Crippen LogP contribution in [0.2, 0.25) is 0 Å². The van der Waals surface area contributed by atoms with Gasteiger partial charge in [-0.15, -0.1) is 0 Å². The number of ether oxygens (including phenoxy) is 2. The summed E-state index contributed by atoms with van der Waals surface area (Å²) >= 11 is 3.21. The van der Waals surface area contributed by atoms with Crippen molar-refractivity contribution in [1.29, 1.82) is 0 Å². The van der Waals surface area contributed by atoms with Crippen molar-refractivity contribution in [3.8, 4) is 5.75 Å². The van der Waals surface area contributed by atoms with Gasteiger partial charge in [-0.1, -0.05) is 15.9 Å². The van der Waals surface area contributed by atoms with Crippen LogP contribution in [0.15, 0.2) is 22.7 Å². The van der Waals surface area contributed by atoms with Gasteiger partial charge in [0.05, 0.1) is 12.2 Å². The molecule has 2 nitrogen and oxygen atoms in total. The second-order valence-electron chi connectivity index (χ2n) is 4.17. The highest BCUT2D eigenvalue weighted by Gasteiger charge is 2.16. The van der Waals surface area contributed by atoms with Gasteiger partial charge in [-0.05, 0) is 26.0 Å². The third-order valence-corrected chi connectivity index (χ3v) is 2.82. The van der Waals surface area contributed by atoms with Crippen molar-refractivity contribution in [2.45, 2.75) is 25.9 Å². The molecule has 0 radical (unpaired) electrons. The standard InChI is InChI=1S/C12H16BrFO2/c1-12(2,15-3)4-5-16-11-7-9(13)6-10(14)8-11/h6-8H,4-5H2,1-3H3. The Morgan fingerprint density at radius 2 is 2.00 bits per heavy atom. The molecule has 1 aromatic carbocycles. The smallest absolute Gasteiger partial charge is 0.128 e. The molecule has 0 amide bonds. The lowest BCUT2D eigenvalue weighted by Crippen LogP contribution is -2.25. The average Bonchev–Trinajstić information content (AvgIpc) is 2.16. The van der Waals surface area contributed by atoms with Crippen LogP contribution in [-0.2, 0) is 4.74 Å². The quantitative estimate of drug-likeness (QED) is 0.822. The maximum atomic E-state index is 13.0. The predicted octanol–water partition coefficient (Wildman–Crippen LogP) is 3.78. The van der Waals surface area contributed by atoms with E-state index >= 15 is 0 Å². The minimum atomic E-state index is -0.310. The van der Waals surface area contributed by atoms with Gasteiger partial charge in [0, 0.05) is 24.1 Å². The van der Waals surface area contributed by atoms with Crippen LogP contribution < -0.4 is 4.74 Å². The van der Waals surface area contributed by atoms with Gasteiger partial charge in [0.1, 0.15) is 11.6 Å². The van der Waals surface area contributed by atoms with Gasteiger partial charge in [-0.25, -0.2) is 4.39 Å². The largest absolute Gasteiger partial charge is 0.493 e. The van der Waals surface area contributed by atoms with Gasteiger partial charge in [-0.2, -0.15) is 0 Å². The van der Waals surface area contributed by atoms with Gasteiger partial charge in [0.25, 0.3) is 0 Å². The molecule has 0 saturated heterocycles. The zero-order chi connectivity index (χ0) is 12.2. The second kappa shape index (κ2) is 5.64. The first-order valence-electron chi connectivity index (χ1n) is 5.07. The highest BCUT2D eigenvalue weighted by molar-refractivity contribution is 9.10. The van der Waals surface area contributed by atoms with E-state index in [9.17, 15) is 4.39 Å². The van der Waals surface area contributed by atoms with E-state index in [0.717, 1.165) is 6.42 Å². The minimum Gasteiger partial charge on any atom is -0.493 e. The first kappa shape index (κ1) is 13.5. The van der Waals surface area contributed by atoms with Crippen molar-refractivity contribution in [3.05, 3.63) is 28.5 Å². The van der Waals surface area contributed by atoms with E-state index < -0.39 is 0 Å². The Kier molecular flexibility index (Phi) is 4.74. The maximum Gasteiger partial charge on any atom is 0.128 e. The fourth-order valence-electron chi connectivity index (χ4n) is 1.13. The molecule has 0 atom stereocenters. The molecule has 90 valence electrons. The SMILES string of the molecule is COC(C)(C)CCOc1cc(F)cc(Br)c1. The molecule has 0 fully saturated rings. The van der Waals surface area contributed by atoms with Gasteiger partial charge in [-0.3, -0.25) is 0 Å². The molecule has 0 aliphatic heterocycles. The van der Waals surface area contributed by atoms with Crippen LogP contribution in [0.1, 0.15) is 20.3 Å². The Morgan fingerprint density at radius 1 is 1.31 bits per heavy atom. The first-order chi connectivity index (χ1) is 7.43. The van der Waals surface area contributed by atoms with Gasteiger partial charge in [0.2, 0.25) is 0 Å².